The van der Waals surface area contributed by atoms with Crippen molar-refractivity contribution >= 4 is 11.7 Å². The molecule has 20 heavy (non-hydrogen) atoms. The third kappa shape index (κ3) is 3.09. The van der Waals surface area contributed by atoms with E-state index in [0.29, 0.717) is 17.0 Å². The molecule has 0 radical (unpaired) electrons. The van der Waals surface area contributed by atoms with Crippen LogP contribution in [0.5, 0.6) is 5.75 Å². The summed E-state index contributed by atoms with van der Waals surface area (Å²) >= 11 is 0. The van der Waals surface area contributed by atoms with Gasteiger partial charge in [-0.05, 0) is 24.6 Å². The van der Waals surface area contributed by atoms with Crippen LogP contribution in [0.25, 0.3) is 0 Å². The molecule has 0 aliphatic rings. The second-order valence-corrected chi connectivity index (χ2v) is 4.48. The van der Waals surface area contributed by atoms with E-state index in [-0.39, 0.29) is 6.61 Å². The van der Waals surface area contributed by atoms with Gasteiger partial charge >= 0.3 is 5.97 Å². The molecule has 0 saturated carbocycles. The van der Waals surface area contributed by atoms with Crippen LogP contribution in [0.1, 0.15) is 21.5 Å². The Bertz CT molecular complexity index is 606. The van der Waals surface area contributed by atoms with Gasteiger partial charge in [-0.2, -0.15) is 0 Å². The van der Waals surface area contributed by atoms with Crippen LogP contribution in [-0.2, 0) is 11.3 Å². The number of nitrogens with two attached hydrogens (primary N) is 1. The van der Waals surface area contributed by atoms with Gasteiger partial charge in [-0.15, -0.1) is 0 Å². The number of nitrogen functional groups attached to an aromatic ring is 1. The van der Waals surface area contributed by atoms with Crippen molar-refractivity contribution in [1.82, 2.24) is 0 Å². The van der Waals surface area contributed by atoms with Crippen LogP contribution >= 0.6 is 0 Å². The summed E-state index contributed by atoms with van der Waals surface area (Å²) in [6.07, 6.45) is 0. The minimum atomic E-state index is -0.457. The Morgan fingerprint density at radius 3 is 2.50 bits per heavy atom. The standard InChI is InChI=1S/C16H17NO3/c1-11-6-8-12(9-7-11)10-20-16(18)13-4-3-5-14(19-2)15(13)17/h3-9H,10,17H2,1-2H3. The monoisotopic (exact) mass is 271 g/mol. The molecular weight excluding hydrogens is 254 g/mol. The van der Waals surface area contributed by atoms with E-state index < -0.39 is 5.97 Å². The van der Waals surface area contributed by atoms with E-state index in [4.69, 9.17) is 15.2 Å². The van der Waals surface area contributed by atoms with E-state index in [2.05, 4.69) is 0 Å². The van der Waals surface area contributed by atoms with Crippen molar-refractivity contribution in [3.05, 3.63) is 59.2 Å². The number of esters is 1. The third-order valence-corrected chi connectivity index (χ3v) is 3.00. The molecule has 0 aromatic heterocycles. The highest BCUT2D eigenvalue weighted by Crippen LogP contribution is 2.25. The first-order valence-corrected chi connectivity index (χ1v) is 6.27. The number of carbonyl (C=O) groups excluding carboxylic acids is 1. The second kappa shape index (κ2) is 6.10. The Balaban J connectivity index is 2.07. The second-order valence-electron chi connectivity index (χ2n) is 4.48. The number of ether oxygens (including phenoxy) is 2. The Labute approximate surface area is 118 Å². The molecule has 2 aromatic rings. The van der Waals surface area contributed by atoms with Crippen LogP contribution < -0.4 is 10.5 Å². The van der Waals surface area contributed by atoms with Gasteiger partial charge in [0.1, 0.15) is 12.4 Å². The van der Waals surface area contributed by atoms with E-state index in [1.165, 1.54) is 7.11 Å². The smallest absolute Gasteiger partial charge is 0.340 e. The quantitative estimate of drug-likeness (QED) is 0.686. The van der Waals surface area contributed by atoms with Crippen LogP contribution in [0.2, 0.25) is 0 Å². The average Bonchev–Trinajstić information content (AvgIpc) is 2.46. The first-order chi connectivity index (χ1) is 9.61. The lowest BCUT2D eigenvalue weighted by Gasteiger charge is -2.10. The number of rotatable bonds is 4. The molecule has 2 rings (SSSR count). The van der Waals surface area contributed by atoms with Crippen molar-refractivity contribution in [1.29, 1.82) is 0 Å². The third-order valence-electron chi connectivity index (χ3n) is 3.00. The zero-order valence-corrected chi connectivity index (χ0v) is 11.6. The number of carbonyl (C=O) groups is 1. The van der Waals surface area contributed by atoms with Gasteiger partial charge in [0.05, 0.1) is 18.4 Å². The van der Waals surface area contributed by atoms with Crippen LogP contribution in [0.4, 0.5) is 5.69 Å². The van der Waals surface area contributed by atoms with Gasteiger partial charge in [-0.25, -0.2) is 4.79 Å². The number of benzene rings is 2. The molecule has 0 saturated heterocycles. The van der Waals surface area contributed by atoms with Crippen molar-refractivity contribution in [2.75, 3.05) is 12.8 Å². The van der Waals surface area contributed by atoms with E-state index in [1.807, 2.05) is 31.2 Å². The van der Waals surface area contributed by atoms with Crippen LogP contribution in [0.3, 0.4) is 0 Å². The van der Waals surface area contributed by atoms with Crippen molar-refractivity contribution < 1.29 is 14.3 Å². The largest absolute Gasteiger partial charge is 0.495 e. The Hall–Kier alpha value is -2.49. The molecule has 0 bridgehead atoms. The van der Waals surface area contributed by atoms with E-state index in [9.17, 15) is 4.79 Å². The topological polar surface area (TPSA) is 61.5 Å². The van der Waals surface area contributed by atoms with E-state index in [1.54, 1.807) is 18.2 Å². The molecule has 0 aliphatic heterocycles. The van der Waals surface area contributed by atoms with E-state index in [0.717, 1.165) is 11.1 Å². The number of hydrogen-bond donors (Lipinski definition) is 1. The van der Waals surface area contributed by atoms with Gasteiger partial charge < -0.3 is 15.2 Å². The Morgan fingerprint density at radius 2 is 1.85 bits per heavy atom. The molecule has 0 amide bonds. The van der Waals surface area contributed by atoms with Gasteiger partial charge in [0, 0.05) is 0 Å². The highest BCUT2D eigenvalue weighted by molar-refractivity contribution is 5.96. The van der Waals surface area contributed by atoms with Gasteiger partial charge in [-0.3, -0.25) is 0 Å². The van der Waals surface area contributed by atoms with Crippen LogP contribution in [0, 0.1) is 6.92 Å². The summed E-state index contributed by atoms with van der Waals surface area (Å²) < 4.78 is 10.3. The fourth-order valence-electron chi connectivity index (χ4n) is 1.81. The summed E-state index contributed by atoms with van der Waals surface area (Å²) in [5.74, 6) is 0.0109. The van der Waals surface area contributed by atoms with Crippen molar-refractivity contribution in [3.63, 3.8) is 0 Å². The maximum Gasteiger partial charge on any atom is 0.340 e. The molecular formula is C16H17NO3. The Kier molecular flexibility index (Phi) is 4.25. The number of hydrogen-bond acceptors (Lipinski definition) is 4. The molecule has 0 fully saturated rings. The fraction of sp³-hybridized carbons (Fsp3) is 0.188. The van der Waals surface area contributed by atoms with E-state index >= 15 is 0 Å². The lowest BCUT2D eigenvalue weighted by atomic mass is 10.1. The molecule has 2 aromatic carbocycles. The summed E-state index contributed by atoms with van der Waals surface area (Å²) in [6, 6.07) is 12.8. The van der Waals surface area contributed by atoms with Gasteiger partial charge in [-0.1, -0.05) is 35.9 Å². The molecule has 0 aliphatic carbocycles. The summed E-state index contributed by atoms with van der Waals surface area (Å²) in [6.45, 7) is 2.22. The molecule has 0 heterocycles. The molecule has 4 heteroatoms. The van der Waals surface area contributed by atoms with Gasteiger partial charge in [0.25, 0.3) is 0 Å². The SMILES string of the molecule is COc1cccc(C(=O)OCc2ccc(C)cc2)c1N. The summed E-state index contributed by atoms with van der Waals surface area (Å²) in [5.41, 5.74) is 8.57. The van der Waals surface area contributed by atoms with Crippen LogP contribution in [-0.4, -0.2) is 13.1 Å². The first-order valence-electron chi connectivity index (χ1n) is 6.27. The van der Waals surface area contributed by atoms with Crippen molar-refractivity contribution in [2.24, 2.45) is 0 Å². The molecule has 0 unspecified atom stereocenters. The lowest BCUT2D eigenvalue weighted by molar-refractivity contribution is 0.0473. The number of methoxy groups -OCH3 is 1. The van der Waals surface area contributed by atoms with Gasteiger partial charge in [0.15, 0.2) is 0 Å². The van der Waals surface area contributed by atoms with Gasteiger partial charge in [0.2, 0.25) is 0 Å². The summed E-state index contributed by atoms with van der Waals surface area (Å²) in [4.78, 5) is 12.0. The normalized spacial score (nSPS) is 10.1. The maximum atomic E-state index is 12.0. The molecule has 0 spiro atoms. The highest BCUT2D eigenvalue weighted by atomic mass is 16.5. The predicted molar refractivity (Wildman–Crippen MR) is 77.7 cm³/mol. The van der Waals surface area contributed by atoms with Crippen molar-refractivity contribution in [3.8, 4) is 5.75 Å². The predicted octanol–water partition coefficient (Wildman–Crippen LogP) is 2.94. The fourth-order valence-corrected chi connectivity index (χ4v) is 1.81. The summed E-state index contributed by atoms with van der Waals surface area (Å²) in [5, 5.41) is 0. The Morgan fingerprint density at radius 1 is 1.15 bits per heavy atom. The molecule has 4 nitrogen and oxygen atoms in total. The summed E-state index contributed by atoms with van der Waals surface area (Å²) in [7, 11) is 1.51. The highest BCUT2D eigenvalue weighted by Gasteiger charge is 2.14. The first kappa shape index (κ1) is 13.9. The number of anilines is 1. The maximum absolute atomic E-state index is 12.0. The zero-order valence-electron chi connectivity index (χ0n) is 11.6. The molecule has 104 valence electrons. The average molecular weight is 271 g/mol. The van der Waals surface area contributed by atoms with Crippen LogP contribution in [0.15, 0.2) is 42.5 Å². The minimum absolute atomic E-state index is 0.218. The minimum Gasteiger partial charge on any atom is -0.495 e. The number of aryl methyl sites for hydroxylation is 1. The zero-order chi connectivity index (χ0) is 14.5. The van der Waals surface area contributed by atoms with Crippen molar-refractivity contribution in [2.45, 2.75) is 13.5 Å². The molecule has 0 atom stereocenters. The lowest BCUT2D eigenvalue weighted by Crippen LogP contribution is -2.09. The molecule has 2 N–H and O–H groups in total. The number of para-hydroxylation sites is 1.